The molecule has 0 aliphatic heterocycles. The molecule has 0 heterocycles. The highest BCUT2D eigenvalue weighted by Crippen LogP contribution is 2.35. The number of methoxy groups -OCH3 is 2. The summed E-state index contributed by atoms with van der Waals surface area (Å²) < 4.78 is 29.8. The molecule has 0 bridgehead atoms. The monoisotopic (exact) mass is 430 g/mol. The van der Waals surface area contributed by atoms with Crippen LogP contribution in [0.3, 0.4) is 0 Å². The maximum atomic E-state index is 13.4. The van der Waals surface area contributed by atoms with Gasteiger partial charge in [-0.1, -0.05) is 29.5 Å². The van der Waals surface area contributed by atoms with Crippen LogP contribution in [-0.2, 0) is 9.53 Å². The molecule has 0 saturated heterocycles. The molecule has 1 fully saturated rings. The topological polar surface area (TPSA) is 44.8 Å². The lowest BCUT2D eigenvalue weighted by Crippen LogP contribution is -2.12. The van der Waals surface area contributed by atoms with Gasteiger partial charge < -0.3 is 14.2 Å². The van der Waals surface area contributed by atoms with Gasteiger partial charge in [-0.3, -0.25) is 4.79 Å². The van der Waals surface area contributed by atoms with E-state index in [4.69, 9.17) is 25.8 Å². The first kappa shape index (κ1) is 22.0. The average molecular weight is 431 g/mol. The van der Waals surface area contributed by atoms with E-state index in [1.54, 1.807) is 13.2 Å². The Bertz CT molecular complexity index is 957. The molecule has 0 radical (unpaired) electrons. The first-order valence-electron chi connectivity index (χ1n) is 9.88. The number of carbonyl (C=O) groups excluding carboxylic acids is 1. The van der Waals surface area contributed by atoms with Gasteiger partial charge in [0.15, 0.2) is 11.5 Å². The summed E-state index contributed by atoms with van der Waals surface area (Å²) >= 11 is 5.84. The van der Waals surface area contributed by atoms with E-state index in [-0.39, 0.29) is 23.5 Å². The summed E-state index contributed by atoms with van der Waals surface area (Å²) in [5.74, 6) is 6.05. The van der Waals surface area contributed by atoms with E-state index in [9.17, 15) is 9.18 Å². The zero-order chi connectivity index (χ0) is 21.5. The number of hydrogen-bond donors (Lipinski definition) is 0. The quantitative estimate of drug-likeness (QED) is 0.448. The van der Waals surface area contributed by atoms with Gasteiger partial charge in [0.05, 0.1) is 37.7 Å². The van der Waals surface area contributed by atoms with E-state index in [1.807, 2.05) is 18.2 Å². The van der Waals surface area contributed by atoms with Crippen molar-refractivity contribution in [3.05, 3.63) is 58.4 Å². The van der Waals surface area contributed by atoms with Gasteiger partial charge in [0.1, 0.15) is 5.82 Å². The Kier molecular flexibility index (Phi) is 7.59. The van der Waals surface area contributed by atoms with Gasteiger partial charge >= 0.3 is 5.97 Å². The van der Waals surface area contributed by atoms with Gasteiger partial charge in [0.25, 0.3) is 0 Å². The molecule has 0 spiro atoms. The smallest absolute Gasteiger partial charge is 0.307 e. The summed E-state index contributed by atoms with van der Waals surface area (Å²) in [5, 5.41) is 0.00279. The molecule has 0 N–H and O–H groups in total. The molecular weight excluding hydrogens is 407 g/mol. The summed E-state index contributed by atoms with van der Waals surface area (Å²) in [6.45, 7) is 0. The van der Waals surface area contributed by atoms with E-state index in [0.29, 0.717) is 17.1 Å². The Labute approximate surface area is 181 Å². The first-order chi connectivity index (χ1) is 14.5. The van der Waals surface area contributed by atoms with Gasteiger partial charge in [-0.2, -0.15) is 0 Å². The Morgan fingerprint density at radius 1 is 1.17 bits per heavy atom. The summed E-state index contributed by atoms with van der Waals surface area (Å²) in [6.07, 6.45) is 4.59. The third-order valence-corrected chi connectivity index (χ3v) is 5.38. The second kappa shape index (κ2) is 10.4. The van der Waals surface area contributed by atoms with Crippen LogP contribution < -0.4 is 9.47 Å². The van der Waals surface area contributed by atoms with Crippen molar-refractivity contribution in [2.45, 2.75) is 44.1 Å². The van der Waals surface area contributed by atoms with Gasteiger partial charge in [-0.15, -0.1) is 0 Å². The Morgan fingerprint density at radius 2 is 1.93 bits per heavy atom. The third kappa shape index (κ3) is 5.67. The molecule has 6 heteroatoms. The lowest BCUT2D eigenvalue weighted by molar-refractivity contribution is -0.140. The number of carbonyl (C=O) groups is 1. The van der Waals surface area contributed by atoms with Gasteiger partial charge in [0, 0.05) is 5.56 Å². The van der Waals surface area contributed by atoms with Crippen LogP contribution in [0.1, 0.15) is 49.1 Å². The first-order valence-corrected chi connectivity index (χ1v) is 10.3. The average Bonchev–Trinajstić information content (AvgIpc) is 3.26. The minimum absolute atomic E-state index is 0.00279. The zero-order valence-corrected chi connectivity index (χ0v) is 17.8. The minimum Gasteiger partial charge on any atom is -0.493 e. The van der Waals surface area contributed by atoms with Crippen molar-refractivity contribution in [3.63, 3.8) is 0 Å². The molecule has 158 valence electrons. The summed E-state index contributed by atoms with van der Waals surface area (Å²) in [4.78, 5) is 12.0. The van der Waals surface area contributed by atoms with Crippen LogP contribution in [0.15, 0.2) is 36.4 Å². The lowest BCUT2D eigenvalue weighted by Gasteiger charge is -2.18. The Morgan fingerprint density at radius 3 is 2.60 bits per heavy atom. The molecule has 1 aliphatic carbocycles. The van der Waals surface area contributed by atoms with Crippen LogP contribution in [0, 0.1) is 17.7 Å². The molecule has 30 heavy (non-hydrogen) atoms. The summed E-state index contributed by atoms with van der Waals surface area (Å²) in [5.41, 5.74) is 1.38. The second-order valence-electron chi connectivity index (χ2n) is 7.17. The van der Waals surface area contributed by atoms with Gasteiger partial charge in [0.2, 0.25) is 0 Å². The fourth-order valence-corrected chi connectivity index (χ4v) is 3.61. The largest absolute Gasteiger partial charge is 0.493 e. The molecule has 2 aromatic rings. The Balaban J connectivity index is 1.91. The van der Waals surface area contributed by atoms with Crippen LogP contribution in [0.5, 0.6) is 11.5 Å². The highest BCUT2D eigenvalue weighted by Gasteiger charge is 2.21. The minimum atomic E-state index is -0.503. The molecule has 0 amide bonds. The highest BCUT2D eigenvalue weighted by molar-refractivity contribution is 6.30. The van der Waals surface area contributed by atoms with Crippen LogP contribution in [0.4, 0.5) is 4.39 Å². The van der Waals surface area contributed by atoms with Crippen molar-refractivity contribution in [3.8, 4) is 23.3 Å². The zero-order valence-electron chi connectivity index (χ0n) is 17.0. The van der Waals surface area contributed by atoms with Crippen LogP contribution in [0.25, 0.3) is 0 Å². The fourth-order valence-electron chi connectivity index (χ4n) is 3.43. The highest BCUT2D eigenvalue weighted by atomic mass is 35.5. The van der Waals surface area contributed by atoms with E-state index in [0.717, 1.165) is 31.2 Å². The number of rotatable bonds is 6. The van der Waals surface area contributed by atoms with Crippen LogP contribution in [0.2, 0.25) is 5.02 Å². The van der Waals surface area contributed by atoms with Crippen LogP contribution in [-0.4, -0.2) is 26.3 Å². The van der Waals surface area contributed by atoms with E-state index in [2.05, 4.69) is 11.8 Å². The molecule has 1 saturated carbocycles. The van der Waals surface area contributed by atoms with E-state index in [1.165, 1.54) is 19.2 Å². The molecule has 3 rings (SSSR count). The number of esters is 1. The number of hydrogen-bond acceptors (Lipinski definition) is 4. The molecular formula is C24H24ClFO4. The number of ether oxygens (including phenoxy) is 3. The fraction of sp³-hybridized carbons (Fsp3) is 0.375. The standard InChI is InChI=1S/C24H24ClFO4/c1-28-22-12-10-17(14-23(22)30-19-5-3-4-6-19)18(15-24(27)29-2)9-7-16-8-11-21(26)20(25)13-16/h8,10-14,18-19H,3-6,15H2,1-2H3. The SMILES string of the molecule is COC(=O)CC(C#Cc1ccc(F)c(Cl)c1)c1ccc(OC)c(OC2CCCC2)c1. The number of benzene rings is 2. The van der Waals surface area contributed by atoms with Crippen molar-refractivity contribution < 1.29 is 23.4 Å². The predicted octanol–water partition coefficient (Wildman–Crippen LogP) is 5.51. The molecule has 1 atom stereocenters. The normalized spacial score (nSPS) is 14.5. The Hall–Kier alpha value is -2.71. The molecule has 1 aliphatic rings. The predicted molar refractivity (Wildman–Crippen MR) is 114 cm³/mol. The van der Waals surface area contributed by atoms with Crippen molar-refractivity contribution in [1.82, 2.24) is 0 Å². The molecule has 4 nitrogen and oxygen atoms in total. The lowest BCUT2D eigenvalue weighted by atomic mass is 9.95. The van der Waals surface area contributed by atoms with Gasteiger partial charge in [-0.05, 0) is 61.6 Å². The molecule has 2 aromatic carbocycles. The van der Waals surface area contributed by atoms with Crippen molar-refractivity contribution in [2.24, 2.45) is 0 Å². The molecule has 0 aromatic heterocycles. The molecule has 1 unspecified atom stereocenters. The van der Waals surface area contributed by atoms with E-state index >= 15 is 0 Å². The van der Waals surface area contributed by atoms with Gasteiger partial charge in [-0.25, -0.2) is 4.39 Å². The van der Waals surface area contributed by atoms with Crippen molar-refractivity contribution in [2.75, 3.05) is 14.2 Å². The second-order valence-corrected chi connectivity index (χ2v) is 7.57. The van der Waals surface area contributed by atoms with Crippen LogP contribution >= 0.6 is 11.6 Å². The van der Waals surface area contributed by atoms with Crippen molar-refractivity contribution >= 4 is 17.6 Å². The van der Waals surface area contributed by atoms with Crippen molar-refractivity contribution in [1.29, 1.82) is 0 Å². The summed E-state index contributed by atoms with van der Waals surface area (Å²) in [6, 6.07) is 9.83. The maximum Gasteiger partial charge on any atom is 0.307 e. The maximum absolute atomic E-state index is 13.4. The number of halogens is 2. The summed E-state index contributed by atoms with van der Waals surface area (Å²) in [7, 11) is 2.94. The van der Waals surface area contributed by atoms with E-state index < -0.39 is 11.7 Å². The third-order valence-electron chi connectivity index (χ3n) is 5.09.